The van der Waals surface area contributed by atoms with Crippen LogP contribution in [0.4, 0.5) is 5.69 Å². The summed E-state index contributed by atoms with van der Waals surface area (Å²) in [5.41, 5.74) is 10.1. The van der Waals surface area contributed by atoms with E-state index < -0.39 is 0 Å². The number of likely N-dealkylation sites (tertiary alicyclic amines) is 1. The number of methoxy groups -OCH3 is 1. The number of piperidine rings is 1. The number of nitrogens with one attached hydrogen (secondary N) is 3. The smallest absolute Gasteiger partial charge is 0.224 e. The van der Waals surface area contributed by atoms with Crippen molar-refractivity contribution in [1.29, 1.82) is 5.41 Å². The van der Waals surface area contributed by atoms with Crippen LogP contribution in [-0.4, -0.2) is 64.9 Å². The van der Waals surface area contributed by atoms with Gasteiger partial charge in [-0.2, -0.15) is 5.10 Å². The van der Waals surface area contributed by atoms with Crippen molar-refractivity contribution in [3.63, 3.8) is 0 Å². The highest BCUT2D eigenvalue weighted by molar-refractivity contribution is 6.32. The van der Waals surface area contributed by atoms with Crippen molar-refractivity contribution in [1.82, 2.24) is 20.4 Å². The van der Waals surface area contributed by atoms with E-state index >= 15 is 0 Å². The van der Waals surface area contributed by atoms with E-state index in [9.17, 15) is 4.79 Å². The number of nitrogens with two attached hydrogens (primary N) is 1. The van der Waals surface area contributed by atoms with Crippen molar-refractivity contribution < 1.29 is 9.53 Å². The number of carbonyl (C=O) groups excluding carboxylic acids is 1. The Morgan fingerprint density at radius 1 is 1.41 bits per heavy atom. The maximum absolute atomic E-state index is 12.6. The zero-order valence-electron chi connectivity index (χ0n) is 18.4. The normalized spacial score (nSPS) is 18.9. The Morgan fingerprint density at radius 2 is 2.19 bits per heavy atom. The Labute approximate surface area is 187 Å². The number of hydrogen-bond donors (Lipinski definition) is 4. The average Bonchev–Trinajstić information content (AvgIpc) is 3.33. The molecule has 1 fully saturated rings. The van der Waals surface area contributed by atoms with Gasteiger partial charge in [0, 0.05) is 56.2 Å². The van der Waals surface area contributed by atoms with Crippen LogP contribution in [0.1, 0.15) is 31.7 Å². The van der Waals surface area contributed by atoms with Gasteiger partial charge in [-0.05, 0) is 38.0 Å². The summed E-state index contributed by atoms with van der Waals surface area (Å²) in [6, 6.07) is 7.44. The number of hydrogen-bond acceptors (Lipinski definition) is 7. The molecule has 1 atom stereocenters. The molecule has 5 N–H and O–H groups in total. The first kappa shape index (κ1) is 21.8. The Hall–Kier alpha value is -3.46. The molecule has 1 unspecified atom stereocenters. The molecule has 0 radical (unpaired) electrons. The summed E-state index contributed by atoms with van der Waals surface area (Å²) in [6.07, 6.45) is 5.82. The molecule has 1 amide bonds. The fourth-order valence-corrected chi connectivity index (χ4v) is 4.04. The predicted molar refractivity (Wildman–Crippen MR) is 124 cm³/mol. The monoisotopic (exact) mass is 435 g/mol. The van der Waals surface area contributed by atoms with Crippen LogP contribution in [-0.2, 0) is 9.53 Å². The van der Waals surface area contributed by atoms with Gasteiger partial charge >= 0.3 is 0 Å². The third kappa shape index (κ3) is 4.57. The lowest BCUT2D eigenvalue weighted by Gasteiger charge is -2.32. The number of carbonyl (C=O) groups is 1. The zero-order chi connectivity index (χ0) is 22.7. The summed E-state index contributed by atoms with van der Waals surface area (Å²) in [4.78, 5) is 19.0. The molecule has 0 saturated carbocycles. The maximum Gasteiger partial charge on any atom is 0.224 e. The minimum Gasteiger partial charge on any atom is -0.387 e. The molecule has 9 nitrogen and oxygen atoms in total. The van der Waals surface area contributed by atoms with Gasteiger partial charge in [-0.15, -0.1) is 0 Å². The van der Waals surface area contributed by atoms with Gasteiger partial charge in [0.2, 0.25) is 5.91 Å². The molecule has 4 rings (SSSR count). The quantitative estimate of drug-likeness (QED) is 0.553. The number of aromatic amines is 1. The Bertz CT molecular complexity index is 1050. The number of benzene rings is 1. The van der Waals surface area contributed by atoms with Crippen molar-refractivity contribution in [2.45, 2.75) is 38.3 Å². The molecule has 2 aliphatic heterocycles. The number of H-pyrrole nitrogens is 1. The predicted octanol–water partition coefficient (Wildman–Crippen LogP) is 2.34. The second-order valence-corrected chi connectivity index (χ2v) is 8.21. The third-order valence-corrected chi connectivity index (χ3v) is 5.97. The SMILES string of the molecule is COC1CCN(C(=O)CC(C)N/C=C2\C(=N)c3ccc(-c4cc[nH]n4)cc3N=C2N)CC1. The lowest BCUT2D eigenvalue weighted by atomic mass is 9.95. The van der Waals surface area contributed by atoms with Gasteiger partial charge in [0.05, 0.1) is 28.8 Å². The molecule has 1 aromatic carbocycles. The van der Waals surface area contributed by atoms with E-state index in [2.05, 4.69) is 20.5 Å². The molecule has 2 aromatic rings. The summed E-state index contributed by atoms with van der Waals surface area (Å²) in [5.74, 6) is 0.392. The van der Waals surface area contributed by atoms with Crippen LogP contribution in [0.2, 0.25) is 0 Å². The van der Waals surface area contributed by atoms with Crippen molar-refractivity contribution in [3.8, 4) is 11.3 Å². The molecule has 0 aliphatic carbocycles. The molecule has 0 bridgehead atoms. The van der Waals surface area contributed by atoms with Gasteiger partial charge in [-0.3, -0.25) is 15.3 Å². The van der Waals surface area contributed by atoms with Crippen LogP contribution in [0, 0.1) is 5.41 Å². The third-order valence-electron chi connectivity index (χ3n) is 5.97. The second kappa shape index (κ2) is 9.35. The van der Waals surface area contributed by atoms with Crippen LogP contribution in [0.15, 0.2) is 47.2 Å². The lowest BCUT2D eigenvalue weighted by Crippen LogP contribution is -2.42. The number of amidine groups is 1. The van der Waals surface area contributed by atoms with Gasteiger partial charge < -0.3 is 20.7 Å². The minimum absolute atomic E-state index is 0.0980. The molecule has 1 saturated heterocycles. The van der Waals surface area contributed by atoms with E-state index in [-0.39, 0.29) is 23.9 Å². The van der Waals surface area contributed by atoms with Crippen LogP contribution in [0.3, 0.4) is 0 Å². The van der Waals surface area contributed by atoms with Crippen molar-refractivity contribution in [3.05, 3.63) is 47.8 Å². The number of nitrogens with zero attached hydrogens (tertiary/aromatic N) is 3. The molecular formula is C23H29N7O2. The average molecular weight is 436 g/mol. The maximum atomic E-state index is 12.6. The number of aromatic nitrogens is 2. The highest BCUT2D eigenvalue weighted by Gasteiger charge is 2.24. The van der Waals surface area contributed by atoms with Gasteiger partial charge in [0.25, 0.3) is 0 Å². The fourth-order valence-electron chi connectivity index (χ4n) is 4.04. The Kier molecular flexibility index (Phi) is 6.36. The van der Waals surface area contributed by atoms with E-state index in [1.807, 2.05) is 36.1 Å². The first-order valence-corrected chi connectivity index (χ1v) is 10.8. The van der Waals surface area contributed by atoms with E-state index in [0.717, 1.165) is 37.2 Å². The number of fused-ring (bicyclic) bond motifs is 1. The lowest BCUT2D eigenvalue weighted by molar-refractivity contribution is -0.133. The van der Waals surface area contributed by atoms with Crippen molar-refractivity contribution in [2.75, 3.05) is 20.2 Å². The van der Waals surface area contributed by atoms with Crippen LogP contribution in [0.5, 0.6) is 0 Å². The van der Waals surface area contributed by atoms with Gasteiger partial charge in [0.1, 0.15) is 5.84 Å². The summed E-state index contributed by atoms with van der Waals surface area (Å²) in [6.45, 7) is 3.40. The Morgan fingerprint density at radius 3 is 2.88 bits per heavy atom. The topological polar surface area (TPSA) is 132 Å². The highest BCUT2D eigenvalue weighted by atomic mass is 16.5. The van der Waals surface area contributed by atoms with Crippen LogP contribution < -0.4 is 11.1 Å². The summed E-state index contributed by atoms with van der Waals surface area (Å²) in [5, 5.41) is 18.8. The van der Waals surface area contributed by atoms with Crippen LogP contribution in [0.25, 0.3) is 11.3 Å². The van der Waals surface area contributed by atoms with E-state index in [0.29, 0.717) is 29.0 Å². The van der Waals surface area contributed by atoms with Gasteiger partial charge in [0.15, 0.2) is 0 Å². The van der Waals surface area contributed by atoms with Crippen molar-refractivity contribution >= 4 is 23.1 Å². The molecule has 0 spiro atoms. The number of ether oxygens (including phenoxy) is 1. The number of amides is 1. The second-order valence-electron chi connectivity index (χ2n) is 8.21. The summed E-state index contributed by atoms with van der Waals surface area (Å²) < 4.78 is 5.37. The van der Waals surface area contributed by atoms with E-state index in [1.165, 1.54) is 0 Å². The van der Waals surface area contributed by atoms with Crippen molar-refractivity contribution in [2.24, 2.45) is 10.7 Å². The molecule has 2 aliphatic rings. The van der Waals surface area contributed by atoms with E-state index in [4.69, 9.17) is 15.9 Å². The number of aliphatic imine (C=N–C) groups is 1. The molecule has 32 heavy (non-hydrogen) atoms. The molecule has 9 heteroatoms. The highest BCUT2D eigenvalue weighted by Crippen LogP contribution is 2.31. The number of rotatable bonds is 6. The first-order chi connectivity index (χ1) is 15.5. The zero-order valence-corrected chi connectivity index (χ0v) is 18.4. The minimum atomic E-state index is -0.0980. The van der Waals surface area contributed by atoms with Gasteiger partial charge in [-0.25, -0.2) is 4.99 Å². The largest absolute Gasteiger partial charge is 0.387 e. The fraction of sp³-hybridized carbons (Fsp3) is 0.391. The Balaban J connectivity index is 1.40. The van der Waals surface area contributed by atoms with Gasteiger partial charge in [-0.1, -0.05) is 6.07 Å². The molecule has 1 aromatic heterocycles. The molecule has 168 valence electrons. The van der Waals surface area contributed by atoms with E-state index in [1.54, 1.807) is 19.5 Å². The molecular weight excluding hydrogens is 406 g/mol. The standard InChI is InChI=1S/C23H29N7O2/c1-14(11-21(31)30-9-6-16(32-2)7-10-30)26-13-18-22(24)17-4-3-15(19-5-8-27-29-19)12-20(17)28-23(18)25/h3-5,8,12-14,16,24,26H,6-7,9-11H2,1-2H3,(H2,25,28)(H,27,29)/b18-13+,24-22?. The summed E-state index contributed by atoms with van der Waals surface area (Å²) in [7, 11) is 1.72. The first-order valence-electron chi connectivity index (χ1n) is 10.8. The van der Waals surface area contributed by atoms with Crippen LogP contribution >= 0.6 is 0 Å². The summed E-state index contributed by atoms with van der Waals surface area (Å²) >= 11 is 0. The molecule has 3 heterocycles.